The predicted octanol–water partition coefficient (Wildman–Crippen LogP) is 5.42. The summed E-state index contributed by atoms with van der Waals surface area (Å²) in [5.41, 5.74) is -1.21. The Morgan fingerprint density at radius 3 is 1.41 bits per heavy atom. The maximum atomic E-state index is 6.85. The fourth-order valence-corrected chi connectivity index (χ4v) is 10.2. The summed E-state index contributed by atoms with van der Waals surface area (Å²) in [4.78, 5) is 24.6. The molecule has 16 atom stereocenters. The first-order valence-electron chi connectivity index (χ1n) is 15.6. The van der Waals surface area contributed by atoms with Crippen LogP contribution in [0.2, 0.25) is 0 Å². The Hall–Kier alpha value is -0.360. The van der Waals surface area contributed by atoms with Crippen molar-refractivity contribution in [1.29, 1.82) is 0 Å². The van der Waals surface area contributed by atoms with Crippen molar-refractivity contribution in [2.24, 2.45) is 47.3 Å². The highest BCUT2D eigenvalue weighted by molar-refractivity contribution is 5.11. The Morgan fingerprint density at radius 1 is 0.538 bits per heavy atom. The van der Waals surface area contributed by atoms with Gasteiger partial charge in [0.25, 0.3) is 0 Å². The van der Waals surface area contributed by atoms with Crippen LogP contribution in [0.3, 0.4) is 0 Å². The maximum Gasteiger partial charge on any atom is 0.201 e. The lowest BCUT2D eigenvalue weighted by Crippen LogP contribution is -2.72. The highest BCUT2D eigenvalue weighted by Gasteiger charge is 2.72. The zero-order valence-electron chi connectivity index (χ0n) is 24.3. The lowest BCUT2D eigenvalue weighted by molar-refractivity contribution is -0.590. The van der Waals surface area contributed by atoms with E-state index in [0.29, 0.717) is 23.7 Å². The molecule has 8 heterocycles. The van der Waals surface area contributed by atoms with Gasteiger partial charge >= 0.3 is 0 Å². The van der Waals surface area contributed by atoms with Gasteiger partial charge in [0.05, 0.1) is 0 Å². The molecule has 9 nitrogen and oxygen atoms in total. The minimum atomic E-state index is -0.808. The van der Waals surface area contributed by atoms with Gasteiger partial charge in [-0.15, -0.1) is 0 Å². The van der Waals surface area contributed by atoms with Crippen molar-refractivity contribution in [3.63, 3.8) is 0 Å². The van der Waals surface area contributed by atoms with Crippen molar-refractivity contribution in [2.45, 2.75) is 141 Å². The van der Waals surface area contributed by atoms with Crippen molar-refractivity contribution in [1.82, 2.24) is 0 Å². The summed E-state index contributed by atoms with van der Waals surface area (Å²) in [5.74, 6) is 0.661. The van der Waals surface area contributed by atoms with Gasteiger partial charge in [0, 0.05) is 36.5 Å². The first kappa shape index (κ1) is 26.3. The highest BCUT2D eigenvalue weighted by atomic mass is 17.3. The third-order valence-electron chi connectivity index (χ3n) is 12.5. The highest BCUT2D eigenvalue weighted by Crippen LogP contribution is 2.63. The van der Waals surface area contributed by atoms with Gasteiger partial charge in [-0.2, -0.15) is 0 Å². The van der Waals surface area contributed by atoms with E-state index in [1.807, 2.05) is 13.8 Å². The molecule has 10 fully saturated rings. The molecule has 4 bridgehead atoms. The second-order valence-corrected chi connectivity index (χ2v) is 14.7. The molecule has 2 saturated carbocycles. The molecule has 10 rings (SSSR count). The zero-order chi connectivity index (χ0) is 26.9. The van der Waals surface area contributed by atoms with Gasteiger partial charge in [0.1, 0.15) is 0 Å². The molecule has 6 unspecified atom stereocenters. The zero-order valence-corrected chi connectivity index (χ0v) is 24.3. The summed E-state index contributed by atoms with van der Waals surface area (Å²) in [6, 6.07) is 0. The molecule has 2 aliphatic carbocycles. The number of rotatable bonds is 2. The average molecular weight is 551 g/mol. The molecule has 9 heteroatoms. The molecule has 8 aliphatic heterocycles. The van der Waals surface area contributed by atoms with Gasteiger partial charge in [0.2, 0.25) is 11.6 Å². The first-order chi connectivity index (χ1) is 18.6. The number of ether oxygens (including phenoxy) is 5. The first-order valence-corrected chi connectivity index (χ1v) is 15.6. The van der Waals surface area contributed by atoms with E-state index >= 15 is 0 Å². The van der Waals surface area contributed by atoms with E-state index in [2.05, 4.69) is 27.7 Å². The Balaban J connectivity index is 1.09. The van der Waals surface area contributed by atoms with Crippen LogP contribution in [0.1, 0.15) is 92.9 Å². The Labute approximate surface area is 231 Å². The second-order valence-electron chi connectivity index (χ2n) is 14.7. The van der Waals surface area contributed by atoms with Crippen LogP contribution < -0.4 is 0 Å². The lowest BCUT2D eigenvalue weighted by Gasteiger charge is -2.62. The molecule has 8 saturated heterocycles. The van der Waals surface area contributed by atoms with Crippen molar-refractivity contribution in [3.05, 3.63) is 0 Å². The van der Waals surface area contributed by atoms with E-state index in [4.69, 9.17) is 43.2 Å². The Kier molecular flexibility index (Phi) is 5.80. The van der Waals surface area contributed by atoms with Crippen LogP contribution in [0.5, 0.6) is 0 Å². The Bertz CT molecular complexity index is 919. The minimum Gasteiger partial charge on any atom is -0.323 e. The number of hydrogen-bond acceptors (Lipinski definition) is 9. The topological polar surface area (TPSA) is 83.1 Å². The molecule has 0 aromatic heterocycles. The van der Waals surface area contributed by atoms with Crippen molar-refractivity contribution in [3.8, 4) is 0 Å². The van der Waals surface area contributed by atoms with Crippen LogP contribution in [-0.4, -0.2) is 47.9 Å². The van der Waals surface area contributed by atoms with Crippen LogP contribution in [0.15, 0.2) is 0 Å². The normalized spacial score (nSPS) is 63.5. The third kappa shape index (κ3) is 3.45. The van der Waals surface area contributed by atoms with Gasteiger partial charge in [-0.1, -0.05) is 27.7 Å². The SMILES string of the molecule is C[C@@H]1CCC2[C@@H](C)[C@@H](O[C@H]3O[C@@H]4OC5(C)CCC6[C@H](C)CCC([C@H]3C)[C@]64OO5)O[C@@H]3OC4(C)CCC1[C@@]23OO4. The van der Waals surface area contributed by atoms with Crippen LogP contribution in [-0.2, 0) is 43.2 Å². The predicted molar refractivity (Wildman–Crippen MR) is 135 cm³/mol. The molecule has 0 N–H and O–H groups in total. The van der Waals surface area contributed by atoms with E-state index in [-0.39, 0.29) is 23.7 Å². The van der Waals surface area contributed by atoms with Crippen LogP contribution >= 0.6 is 0 Å². The van der Waals surface area contributed by atoms with Crippen molar-refractivity contribution >= 4 is 0 Å². The van der Waals surface area contributed by atoms with E-state index in [0.717, 1.165) is 51.4 Å². The molecule has 39 heavy (non-hydrogen) atoms. The average Bonchev–Trinajstić information content (AvgIpc) is 3.27. The maximum absolute atomic E-state index is 6.85. The largest absolute Gasteiger partial charge is 0.323 e. The van der Waals surface area contributed by atoms with Crippen LogP contribution in [0.25, 0.3) is 0 Å². The molecule has 0 aromatic rings. The van der Waals surface area contributed by atoms with Gasteiger partial charge in [-0.05, 0) is 76.0 Å². The molecular weight excluding hydrogens is 504 g/mol. The number of hydrogen-bond donors (Lipinski definition) is 0. The fourth-order valence-electron chi connectivity index (χ4n) is 10.2. The van der Waals surface area contributed by atoms with Crippen molar-refractivity contribution in [2.75, 3.05) is 0 Å². The molecule has 0 radical (unpaired) electrons. The van der Waals surface area contributed by atoms with Gasteiger partial charge in [0.15, 0.2) is 36.4 Å². The third-order valence-corrected chi connectivity index (χ3v) is 12.5. The molecule has 2 spiro atoms. The van der Waals surface area contributed by atoms with Gasteiger partial charge in [-0.25, -0.2) is 19.6 Å². The summed E-state index contributed by atoms with van der Waals surface area (Å²) in [6.45, 7) is 13.0. The summed E-state index contributed by atoms with van der Waals surface area (Å²) in [7, 11) is 0. The molecule has 0 amide bonds. The van der Waals surface area contributed by atoms with Crippen LogP contribution in [0, 0.1) is 47.3 Å². The summed E-state index contributed by atoms with van der Waals surface area (Å²) >= 11 is 0. The van der Waals surface area contributed by atoms with E-state index in [1.165, 1.54) is 0 Å². The van der Waals surface area contributed by atoms with Crippen molar-refractivity contribution < 1.29 is 43.2 Å². The smallest absolute Gasteiger partial charge is 0.201 e. The lowest BCUT2D eigenvalue weighted by atomic mass is 9.58. The summed E-state index contributed by atoms with van der Waals surface area (Å²) < 4.78 is 33.4. The molecule has 220 valence electrons. The molecular formula is C30H46O9. The van der Waals surface area contributed by atoms with E-state index in [1.54, 1.807) is 0 Å². The van der Waals surface area contributed by atoms with E-state index in [9.17, 15) is 0 Å². The monoisotopic (exact) mass is 550 g/mol. The summed E-state index contributed by atoms with van der Waals surface area (Å²) in [5, 5.41) is 0. The number of fused-ring (bicyclic) bond motifs is 4. The van der Waals surface area contributed by atoms with Gasteiger partial charge in [-0.3, -0.25) is 0 Å². The standard InChI is InChI=1S/C30H46O9/c1-15-7-9-21-17(3)23(32-25-29(21)19(15)11-13-27(5,34-25)36-38-29)31-24-18(4)22-10-8-16(2)20-12-14-28(6)35-26(33-24)30(20,22)39-37-28/h15-26H,7-14H2,1-6H3/t15-,16-,17-,18-,19?,20?,21?,22?,23+,24+,25-,26-,27?,28?,29-,30-/m1/s1. The quantitative estimate of drug-likeness (QED) is 0.419. The molecule has 10 aliphatic rings. The second kappa shape index (κ2) is 8.60. The summed E-state index contributed by atoms with van der Waals surface area (Å²) in [6.07, 6.45) is 5.95. The van der Waals surface area contributed by atoms with E-state index < -0.39 is 47.9 Å². The minimum absolute atomic E-state index is 0.0836. The Morgan fingerprint density at radius 2 is 0.974 bits per heavy atom. The molecule has 0 aromatic carbocycles. The fraction of sp³-hybridized carbons (Fsp3) is 1.00. The van der Waals surface area contributed by atoms with Gasteiger partial charge < -0.3 is 23.7 Å². The van der Waals surface area contributed by atoms with Crippen LogP contribution in [0.4, 0.5) is 0 Å².